The van der Waals surface area contributed by atoms with Gasteiger partial charge in [0.1, 0.15) is 5.03 Å². The van der Waals surface area contributed by atoms with Crippen molar-refractivity contribution in [1.82, 2.24) is 4.98 Å². The molecule has 0 fully saturated rings. The van der Waals surface area contributed by atoms with Gasteiger partial charge in [0, 0.05) is 13.3 Å². The third-order valence-electron chi connectivity index (χ3n) is 1.80. The van der Waals surface area contributed by atoms with Gasteiger partial charge in [-0.15, -0.1) is 0 Å². The van der Waals surface area contributed by atoms with Crippen molar-refractivity contribution < 1.29 is 8.95 Å². The standard InChI is InChI=1S/C9H14N2O2S/c1-7(13-2)6-14(12)9-8(10)4-3-5-11-9/h3-5,7H,6,10H2,1-2H3. The van der Waals surface area contributed by atoms with Crippen LogP contribution in [0.5, 0.6) is 0 Å². The van der Waals surface area contributed by atoms with Crippen molar-refractivity contribution in [3.8, 4) is 0 Å². The molecule has 0 spiro atoms. The summed E-state index contributed by atoms with van der Waals surface area (Å²) in [5.41, 5.74) is 6.11. The van der Waals surface area contributed by atoms with E-state index in [1.165, 1.54) is 0 Å². The molecule has 0 saturated carbocycles. The van der Waals surface area contributed by atoms with Crippen LogP contribution in [0.4, 0.5) is 5.69 Å². The van der Waals surface area contributed by atoms with Gasteiger partial charge in [-0.2, -0.15) is 0 Å². The number of pyridine rings is 1. The van der Waals surface area contributed by atoms with E-state index >= 15 is 0 Å². The quantitative estimate of drug-likeness (QED) is 0.805. The Morgan fingerprint density at radius 3 is 3.00 bits per heavy atom. The molecule has 2 atom stereocenters. The molecule has 0 aliphatic rings. The smallest absolute Gasteiger partial charge is 0.150 e. The molecule has 14 heavy (non-hydrogen) atoms. The van der Waals surface area contributed by atoms with Gasteiger partial charge < -0.3 is 10.5 Å². The fourth-order valence-electron chi connectivity index (χ4n) is 0.954. The number of nitrogens with zero attached hydrogens (tertiary/aromatic N) is 1. The molecule has 78 valence electrons. The lowest BCUT2D eigenvalue weighted by Crippen LogP contribution is -2.16. The number of rotatable bonds is 4. The molecule has 0 aromatic carbocycles. The zero-order chi connectivity index (χ0) is 10.6. The number of ether oxygens (including phenoxy) is 1. The highest BCUT2D eigenvalue weighted by atomic mass is 32.2. The van der Waals surface area contributed by atoms with Crippen molar-refractivity contribution in [1.29, 1.82) is 0 Å². The van der Waals surface area contributed by atoms with Gasteiger partial charge in [-0.3, -0.25) is 4.21 Å². The first kappa shape index (κ1) is 11.1. The molecule has 0 radical (unpaired) electrons. The molecule has 1 aromatic rings. The summed E-state index contributed by atoms with van der Waals surface area (Å²) in [6.45, 7) is 1.86. The van der Waals surface area contributed by atoms with E-state index < -0.39 is 10.8 Å². The highest BCUT2D eigenvalue weighted by Crippen LogP contribution is 2.13. The Labute approximate surface area is 85.9 Å². The maximum atomic E-state index is 11.7. The molecule has 5 heteroatoms. The van der Waals surface area contributed by atoms with Gasteiger partial charge in [-0.05, 0) is 19.1 Å². The predicted molar refractivity (Wildman–Crippen MR) is 56.4 cm³/mol. The van der Waals surface area contributed by atoms with Crippen molar-refractivity contribution in [3.05, 3.63) is 18.3 Å². The van der Waals surface area contributed by atoms with Crippen LogP contribution >= 0.6 is 0 Å². The van der Waals surface area contributed by atoms with E-state index in [2.05, 4.69) is 4.98 Å². The van der Waals surface area contributed by atoms with E-state index in [0.717, 1.165) is 0 Å². The SMILES string of the molecule is COC(C)CS(=O)c1ncccc1N. The fraction of sp³-hybridized carbons (Fsp3) is 0.444. The van der Waals surface area contributed by atoms with Gasteiger partial charge in [0.25, 0.3) is 0 Å². The first-order valence-corrected chi connectivity index (χ1v) is 5.58. The Bertz CT molecular complexity index is 330. The van der Waals surface area contributed by atoms with Crippen LogP contribution < -0.4 is 5.73 Å². The summed E-state index contributed by atoms with van der Waals surface area (Å²) in [6.07, 6.45) is 1.53. The van der Waals surface area contributed by atoms with Crippen LogP contribution in [0, 0.1) is 0 Å². The summed E-state index contributed by atoms with van der Waals surface area (Å²) < 4.78 is 16.7. The second kappa shape index (κ2) is 5.07. The molecule has 0 aliphatic carbocycles. The monoisotopic (exact) mass is 214 g/mol. The van der Waals surface area contributed by atoms with E-state index in [4.69, 9.17) is 10.5 Å². The van der Waals surface area contributed by atoms with E-state index in [-0.39, 0.29) is 6.10 Å². The normalized spacial score (nSPS) is 15.0. The Morgan fingerprint density at radius 1 is 1.71 bits per heavy atom. The minimum Gasteiger partial charge on any atom is -0.396 e. The van der Waals surface area contributed by atoms with Crippen LogP contribution in [0.25, 0.3) is 0 Å². The summed E-state index contributed by atoms with van der Waals surface area (Å²) in [5.74, 6) is 0.414. The van der Waals surface area contributed by atoms with Crippen LogP contribution in [0.2, 0.25) is 0 Å². The highest BCUT2D eigenvalue weighted by molar-refractivity contribution is 7.85. The second-order valence-corrected chi connectivity index (χ2v) is 4.37. The third-order valence-corrected chi connectivity index (χ3v) is 3.35. The second-order valence-electron chi connectivity index (χ2n) is 2.96. The number of hydrogen-bond acceptors (Lipinski definition) is 4. The topological polar surface area (TPSA) is 65.2 Å². The number of methoxy groups -OCH3 is 1. The molecule has 4 nitrogen and oxygen atoms in total. The van der Waals surface area contributed by atoms with Crippen molar-refractivity contribution >= 4 is 16.5 Å². The Kier molecular flexibility index (Phi) is 4.03. The van der Waals surface area contributed by atoms with Crippen LogP contribution in [0.1, 0.15) is 6.92 Å². The van der Waals surface area contributed by atoms with Gasteiger partial charge in [0.15, 0.2) is 0 Å². The van der Waals surface area contributed by atoms with Crippen molar-refractivity contribution in [3.63, 3.8) is 0 Å². The minimum absolute atomic E-state index is 0.0581. The lowest BCUT2D eigenvalue weighted by atomic mass is 10.4. The summed E-state index contributed by atoms with van der Waals surface area (Å²) in [6, 6.07) is 3.41. The number of anilines is 1. The number of hydrogen-bond donors (Lipinski definition) is 1. The predicted octanol–water partition coefficient (Wildman–Crippen LogP) is 0.806. The summed E-state index contributed by atoms with van der Waals surface area (Å²) in [4.78, 5) is 3.98. The van der Waals surface area contributed by atoms with Crippen LogP contribution in [-0.4, -0.2) is 28.2 Å². The molecule has 0 amide bonds. The molecule has 1 rings (SSSR count). The molecule has 0 bridgehead atoms. The van der Waals surface area contributed by atoms with Gasteiger partial charge in [0.05, 0.1) is 28.3 Å². The molecular weight excluding hydrogens is 200 g/mol. The van der Waals surface area contributed by atoms with E-state index in [1.807, 2.05) is 6.92 Å². The van der Waals surface area contributed by atoms with Crippen molar-refractivity contribution in [2.45, 2.75) is 18.1 Å². The zero-order valence-corrected chi connectivity index (χ0v) is 9.08. The van der Waals surface area contributed by atoms with Crippen molar-refractivity contribution in [2.24, 2.45) is 0 Å². The fourth-order valence-corrected chi connectivity index (χ4v) is 2.18. The molecule has 1 heterocycles. The van der Waals surface area contributed by atoms with Gasteiger partial charge in [-0.25, -0.2) is 4.98 Å². The first-order valence-electron chi connectivity index (χ1n) is 4.26. The van der Waals surface area contributed by atoms with Crippen LogP contribution in [0.3, 0.4) is 0 Å². The van der Waals surface area contributed by atoms with E-state index in [9.17, 15) is 4.21 Å². The van der Waals surface area contributed by atoms with E-state index in [0.29, 0.717) is 16.5 Å². The molecular formula is C9H14N2O2S. The van der Waals surface area contributed by atoms with Gasteiger partial charge in [-0.1, -0.05) is 0 Å². The zero-order valence-electron chi connectivity index (χ0n) is 8.27. The number of aromatic nitrogens is 1. The lowest BCUT2D eigenvalue weighted by Gasteiger charge is -2.09. The average Bonchev–Trinajstić information content (AvgIpc) is 2.18. The molecule has 2 unspecified atom stereocenters. The Balaban J connectivity index is 2.75. The summed E-state index contributed by atoms with van der Waals surface area (Å²) in [7, 11) is 0.401. The van der Waals surface area contributed by atoms with Gasteiger partial charge in [0.2, 0.25) is 0 Å². The molecule has 2 N–H and O–H groups in total. The molecule has 0 aliphatic heterocycles. The highest BCUT2D eigenvalue weighted by Gasteiger charge is 2.12. The third kappa shape index (κ3) is 2.78. The average molecular weight is 214 g/mol. The van der Waals surface area contributed by atoms with Crippen LogP contribution in [-0.2, 0) is 15.5 Å². The van der Waals surface area contributed by atoms with Crippen molar-refractivity contribution in [2.75, 3.05) is 18.6 Å². The maximum Gasteiger partial charge on any atom is 0.150 e. The van der Waals surface area contributed by atoms with Gasteiger partial charge >= 0.3 is 0 Å². The first-order chi connectivity index (χ1) is 6.65. The molecule has 1 aromatic heterocycles. The van der Waals surface area contributed by atoms with Crippen LogP contribution in [0.15, 0.2) is 23.4 Å². The summed E-state index contributed by atoms with van der Waals surface area (Å²) in [5, 5.41) is 0.441. The maximum absolute atomic E-state index is 11.7. The minimum atomic E-state index is -1.19. The molecule has 0 saturated heterocycles. The van der Waals surface area contributed by atoms with E-state index in [1.54, 1.807) is 25.4 Å². The Hall–Kier alpha value is -0.940. The number of nitrogen functional groups attached to an aromatic ring is 1. The Morgan fingerprint density at radius 2 is 2.43 bits per heavy atom. The summed E-state index contributed by atoms with van der Waals surface area (Å²) >= 11 is 0. The largest absolute Gasteiger partial charge is 0.396 e. The lowest BCUT2D eigenvalue weighted by molar-refractivity contribution is 0.137. The number of nitrogens with two attached hydrogens (primary N) is 1.